The van der Waals surface area contributed by atoms with Gasteiger partial charge in [-0.2, -0.15) is 0 Å². The monoisotopic (exact) mass is 326 g/mol. The van der Waals surface area contributed by atoms with E-state index in [4.69, 9.17) is 4.74 Å². The highest BCUT2D eigenvalue weighted by atomic mass is 16.5. The molecule has 0 fully saturated rings. The van der Waals surface area contributed by atoms with Gasteiger partial charge in [0.25, 0.3) is 0 Å². The first kappa shape index (κ1) is 21.8. The summed E-state index contributed by atoms with van der Waals surface area (Å²) in [5, 5.41) is 9.52. The number of carbonyl (C=O) groups is 2. The fraction of sp³-hybridized carbons (Fsp3) is 0.789. The second-order valence-corrected chi connectivity index (χ2v) is 6.13. The number of ether oxygens (including phenoxy) is 1. The highest BCUT2D eigenvalue weighted by Crippen LogP contribution is 2.08. The summed E-state index contributed by atoms with van der Waals surface area (Å²) >= 11 is 0. The summed E-state index contributed by atoms with van der Waals surface area (Å²) in [5.41, 5.74) is 0. The fourth-order valence-corrected chi connectivity index (χ4v) is 2.20. The Morgan fingerprint density at radius 1 is 1.26 bits per heavy atom. The lowest BCUT2D eigenvalue weighted by molar-refractivity contribution is -0.144. The van der Waals surface area contributed by atoms with E-state index in [2.05, 4.69) is 13.0 Å². The van der Waals surface area contributed by atoms with Crippen LogP contribution >= 0.6 is 0 Å². The molecule has 1 aliphatic rings. The number of rotatable bonds is 4. The maximum Gasteiger partial charge on any atom is 0.305 e. The van der Waals surface area contributed by atoms with Crippen molar-refractivity contribution in [3.63, 3.8) is 0 Å². The highest BCUT2D eigenvalue weighted by molar-refractivity contribution is 5.75. The standard InChI is InChI=1S/C12H20O3.C7H14O/c13-11-7-5-3-1-2-4-6-10-15-12(14)9-8-11;1-3-4-5-6-7(2)8/h3,5,11,13H,1-2,4,6-10H2;3-6H2,1-2H3. The van der Waals surface area contributed by atoms with Crippen molar-refractivity contribution in [2.24, 2.45) is 0 Å². The zero-order valence-corrected chi connectivity index (χ0v) is 14.9. The number of esters is 1. The second kappa shape index (κ2) is 15.7. The average molecular weight is 326 g/mol. The first-order valence-corrected chi connectivity index (χ1v) is 9.04. The summed E-state index contributed by atoms with van der Waals surface area (Å²) in [5.74, 6) is 0.135. The van der Waals surface area contributed by atoms with E-state index < -0.39 is 6.10 Å². The van der Waals surface area contributed by atoms with Crippen LogP contribution in [0.5, 0.6) is 0 Å². The van der Waals surface area contributed by atoms with Crippen LogP contribution < -0.4 is 0 Å². The number of carbonyl (C=O) groups excluding carboxylic acids is 2. The van der Waals surface area contributed by atoms with Gasteiger partial charge in [-0.25, -0.2) is 0 Å². The topological polar surface area (TPSA) is 63.6 Å². The first-order valence-electron chi connectivity index (χ1n) is 9.04. The van der Waals surface area contributed by atoms with E-state index >= 15 is 0 Å². The number of cyclic esters (lactones) is 1. The summed E-state index contributed by atoms with van der Waals surface area (Å²) in [6.45, 7) is 4.31. The van der Waals surface area contributed by atoms with Crippen molar-refractivity contribution in [2.45, 2.75) is 90.6 Å². The molecule has 0 bridgehead atoms. The third-order valence-electron chi connectivity index (χ3n) is 3.67. The maximum absolute atomic E-state index is 11.2. The Kier molecular flexibility index (Phi) is 14.9. The number of aliphatic hydroxyl groups is 1. The third kappa shape index (κ3) is 17.0. The van der Waals surface area contributed by atoms with Crippen molar-refractivity contribution in [2.75, 3.05) is 6.61 Å². The molecule has 0 aromatic carbocycles. The Balaban J connectivity index is 0.000000515. The second-order valence-electron chi connectivity index (χ2n) is 6.13. The van der Waals surface area contributed by atoms with Gasteiger partial charge in [-0.15, -0.1) is 0 Å². The van der Waals surface area contributed by atoms with Crippen LogP contribution in [0.4, 0.5) is 0 Å². The molecule has 0 amide bonds. The Morgan fingerprint density at radius 3 is 2.74 bits per heavy atom. The molecule has 134 valence electrons. The van der Waals surface area contributed by atoms with E-state index in [1.807, 2.05) is 6.08 Å². The summed E-state index contributed by atoms with van der Waals surface area (Å²) in [6.07, 6.45) is 13.7. The Hall–Kier alpha value is -1.16. The number of unbranched alkanes of at least 4 members (excludes halogenated alkanes) is 2. The molecule has 1 atom stereocenters. The molecule has 23 heavy (non-hydrogen) atoms. The summed E-state index contributed by atoms with van der Waals surface area (Å²) in [7, 11) is 0. The minimum atomic E-state index is -0.408. The molecule has 0 saturated carbocycles. The van der Waals surface area contributed by atoms with Crippen LogP contribution in [0, 0.1) is 0 Å². The quantitative estimate of drug-likeness (QED) is 0.474. The van der Waals surface area contributed by atoms with Crippen LogP contribution in [0.25, 0.3) is 0 Å². The lowest BCUT2D eigenvalue weighted by Crippen LogP contribution is -2.11. The van der Waals surface area contributed by atoms with E-state index in [0.717, 1.165) is 38.5 Å². The minimum Gasteiger partial charge on any atom is -0.466 e. The van der Waals surface area contributed by atoms with Gasteiger partial charge in [0.2, 0.25) is 0 Å². The predicted octanol–water partition coefficient (Wildman–Crippen LogP) is 4.35. The molecule has 1 N–H and O–H groups in total. The van der Waals surface area contributed by atoms with Crippen LogP contribution in [0.15, 0.2) is 12.2 Å². The average Bonchev–Trinajstić information content (AvgIpc) is 2.53. The van der Waals surface area contributed by atoms with E-state index in [1.54, 1.807) is 6.92 Å². The van der Waals surface area contributed by atoms with Crippen LogP contribution in [-0.4, -0.2) is 29.6 Å². The van der Waals surface area contributed by atoms with E-state index in [9.17, 15) is 14.7 Å². The van der Waals surface area contributed by atoms with Crippen LogP contribution in [-0.2, 0) is 14.3 Å². The van der Waals surface area contributed by atoms with E-state index in [-0.39, 0.29) is 5.97 Å². The molecule has 0 aliphatic carbocycles. The molecule has 4 nitrogen and oxygen atoms in total. The van der Waals surface area contributed by atoms with Crippen molar-refractivity contribution in [1.82, 2.24) is 0 Å². The summed E-state index contributed by atoms with van der Waals surface area (Å²) in [4.78, 5) is 21.5. The molecule has 1 unspecified atom stereocenters. The van der Waals surface area contributed by atoms with Crippen LogP contribution in [0.2, 0.25) is 0 Å². The normalized spacial score (nSPS) is 20.1. The smallest absolute Gasteiger partial charge is 0.305 e. The van der Waals surface area contributed by atoms with Crippen LogP contribution in [0.1, 0.15) is 84.5 Å². The number of Topliss-reactive ketones (excluding diaryl/α,β-unsaturated/α-hetero) is 1. The zero-order chi connectivity index (χ0) is 17.3. The van der Waals surface area contributed by atoms with Gasteiger partial charge in [0.1, 0.15) is 5.78 Å². The minimum absolute atomic E-state index is 0.183. The first-order chi connectivity index (χ1) is 11.1. The van der Waals surface area contributed by atoms with Crippen LogP contribution in [0.3, 0.4) is 0 Å². The molecule has 0 aromatic rings. The molecule has 0 radical (unpaired) electrons. The highest BCUT2D eigenvalue weighted by Gasteiger charge is 2.08. The van der Waals surface area contributed by atoms with Gasteiger partial charge in [-0.1, -0.05) is 31.9 Å². The Bertz CT molecular complexity index is 336. The van der Waals surface area contributed by atoms with E-state index in [1.165, 1.54) is 12.8 Å². The largest absolute Gasteiger partial charge is 0.466 e. The molecule has 4 heteroatoms. The van der Waals surface area contributed by atoms with Crippen molar-refractivity contribution in [1.29, 1.82) is 0 Å². The number of ketones is 1. The zero-order valence-electron chi connectivity index (χ0n) is 14.9. The van der Waals surface area contributed by atoms with Gasteiger partial charge in [-0.05, 0) is 51.9 Å². The van der Waals surface area contributed by atoms with Gasteiger partial charge >= 0.3 is 5.97 Å². The number of allylic oxidation sites excluding steroid dienone is 1. The molecular weight excluding hydrogens is 292 g/mol. The third-order valence-corrected chi connectivity index (χ3v) is 3.67. The lowest BCUT2D eigenvalue weighted by atomic mass is 10.1. The Labute approximate surface area is 141 Å². The Morgan fingerprint density at radius 2 is 2.04 bits per heavy atom. The molecule has 0 spiro atoms. The molecule has 1 heterocycles. The number of aliphatic hydroxyl groups excluding tert-OH is 1. The molecule has 0 saturated heterocycles. The van der Waals surface area contributed by atoms with Crippen molar-refractivity contribution >= 4 is 11.8 Å². The van der Waals surface area contributed by atoms with Crippen molar-refractivity contribution in [3.8, 4) is 0 Å². The predicted molar refractivity (Wildman–Crippen MR) is 93.2 cm³/mol. The molecule has 0 aromatic heterocycles. The van der Waals surface area contributed by atoms with E-state index in [0.29, 0.717) is 31.7 Å². The number of hydrogen-bond acceptors (Lipinski definition) is 4. The molecule has 1 rings (SSSR count). The van der Waals surface area contributed by atoms with Gasteiger partial charge in [0, 0.05) is 12.8 Å². The van der Waals surface area contributed by atoms with Gasteiger partial charge in [0.15, 0.2) is 0 Å². The molecular formula is C19H34O4. The number of hydrogen-bond donors (Lipinski definition) is 1. The van der Waals surface area contributed by atoms with Crippen molar-refractivity contribution in [3.05, 3.63) is 12.2 Å². The van der Waals surface area contributed by atoms with Gasteiger partial charge < -0.3 is 14.6 Å². The van der Waals surface area contributed by atoms with Gasteiger partial charge in [0.05, 0.1) is 12.7 Å². The SMILES string of the molecule is CCCCCC(C)=O.O=C1CCC(O)CC=CCCCCCO1. The van der Waals surface area contributed by atoms with Gasteiger partial charge in [-0.3, -0.25) is 4.79 Å². The summed E-state index contributed by atoms with van der Waals surface area (Å²) < 4.78 is 5.03. The lowest BCUT2D eigenvalue weighted by Gasteiger charge is -2.07. The fourth-order valence-electron chi connectivity index (χ4n) is 2.20. The maximum atomic E-state index is 11.2. The molecule has 1 aliphatic heterocycles. The van der Waals surface area contributed by atoms with Crippen molar-refractivity contribution < 1.29 is 19.4 Å². The summed E-state index contributed by atoms with van der Waals surface area (Å²) in [6, 6.07) is 0.